The van der Waals surface area contributed by atoms with E-state index in [-0.39, 0.29) is 17.0 Å². The Labute approximate surface area is 162 Å². The Morgan fingerprint density at radius 2 is 2.07 bits per heavy atom. The molecule has 0 aromatic carbocycles. The van der Waals surface area contributed by atoms with Crippen molar-refractivity contribution in [3.63, 3.8) is 0 Å². The zero-order valence-electron chi connectivity index (χ0n) is 15.6. The molecule has 3 rings (SSSR count). The van der Waals surface area contributed by atoms with Crippen molar-refractivity contribution in [2.45, 2.75) is 49.9 Å². The maximum Gasteiger partial charge on any atom is 0.322 e. The van der Waals surface area contributed by atoms with Gasteiger partial charge in [-0.2, -0.15) is 5.10 Å². The highest BCUT2D eigenvalue weighted by atomic mass is 32.2. The van der Waals surface area contributed by atoms with Crippen LogP contribution in [0, 0.1) is 5.92 Å². The lowest BCUT2D eigenvalue weighted by Gasteiger charge is -2.39. The van der Waals surface area contributed by atoms with Gasteiger partial charge in [0.15, 0.2) is 5.03 Å². The van der Waals surface area contributed by atoms with Gasteiger partial charge in [-0.3, -0.25) is 10.00 Å². The number of likely N-dealkylation sites (tertiary alicyclic amines) is 1. The highest BCUT2D eigenvalue weighted by molar-refractivity contribution is 7.92. The van der Waals surface area contributed by atoms with Crippen molar-refractivity contribution in [1.82, 2.24) is 24.3 Å². The molecule has 0 atom stereocenters. The molecule has 0 spiro atoms. The third kappa shape index (κ3) is 3.70. The van der Waals surface area contributed by atoms with Crippen LogP contribution in [0.4, 0.5) is 9.80 Å². The lowest BCUT2D eigenvalue weighted by atomic mass is 9.86. The number of aromatic nitrogens is 4. The third-order valence-electron chi connectivity index (χ3n) is 5.30. The van der Waals surface area contributed by atoms with Gasteiger partial charge in [-0.05, 0) is 45.6 Å². The van der Waals surface area contributed by atoms with E-state index in [9.17, 15) is 13.2 Å². The molecule has 1 aliphatic heterocycles. The summed E-state index contributed by atoms with van der Waals surface area (Å²) >= 11 is 1.12. The van der Waals surface area contributed by atoms with Gasteiger partial charge in [0.2, 0.25) is 9.84 Å². The number of piperidine rings is 1. The van der Waals surface area contributed by atoms with Gasteiger partial charge in [0, 0.05) is 31.2 Å². The summed E-state index contributed by atoms with van der Waals surface area (Å²) in [6.07, 6.45) is 4.28. The molecule has 0 bridgehead atoms. The van der Waals surface area contributed by atoms with Gasteiger partial charge in [-0.15, -0.1) is 5.10 Å². The number of sulfone groups is 1. The van der Waals surface area contributed by atoms with Crippen LogP contribution in [0.25, 0.3) is 0 Å². The topological polar surface area (TPSA) is 110 Å². The van der Waals surface area contributed by atoms with E-state index in [1.54, 1.807) is 24.8 Å². The summed E-state index contributed by atoms with van der Waals surface area (Å²) in [5, 5.41) is 11.4. The van der Waals surface area contributed by atoms with Crippen LogP contribution in [-0.2, 0) is 16.4 Å². The molecular formula is C16H24N6O3S2. The van der Waals surface area contributed by atoms with Crippen molar-refractivity contribution in [3.8, 4) is 0 Å². The predicted octanol–water partition coefficient (Wildman–Crippen LogP) is 2.25. The Morgan fingerprint density at radius 3 is 2.67 bits per heavy atom. The summed E-state index contributed by atoms with van der Waals surface area (Å²) in [5.41, 5.74) is 0. The number of hydrogen-bond donors (Lipinski definition) is 1. The average Bonchev–Trinajstić information content (AvgIpc) is 3.33. The fourth-order valence-electron chi connectivity index (χ4n) is 3.46. The first kappa shape index (κ1) is 19.7. The minimum absolute atomic E-state index is 0.0446. The number of carbonyl (C=O) groups is 1. The van der Waals surface area contributed by atoms with Crippen LogP contribution in [-0.4, -0.2) is 56.6 Å². The maximum absolute atomic E-state index is 13.3. The Morgan fingerprint density at radius 1 is 1.37 bits per heavy atom. The number of hydrogen-bond acceptors (Lipinski definition) is 7. The van der Waals surface area contributed by atoms with E-state index in [0.29, 0.717) is 37.5 Å². The molecule has 0 unspecified atom stereocenters. The van der Waals surface area contributed by atoms with Gasteiger partial charge in [0.1, 0.15) is 5.00 Å². The van der Waals surface area contributed by atoms with Crippen LogP contribution in [0.15, 0.2) is 23.5 Å². The minimum atomic E-state index is -3.55. The molecule has 1 fully saturated rings. The van der Waals surface area contributed by atoms with Crippen molar-refractivity contribution >= 4 is 32.4 Å². The zero-order valence-corrected chi connectivity index (χ0v) is 17.3. The van der Waals surface area contributed by atoms with Crippen molar-refractivity contribution in [2.75, 3.05) is 18.4 Å². The standard InChI is InChI=1S/C16H24N6O3S2/c1-4-22-14(5-8-18-22)27(24,25)16(2,3)12-6-9-21(10-7-12)15(23)19-13-11-17-20-26-13/h5,8,11-12H,4,6-7,9-10H2,1-3H3,(H,19,23). The first-order valence-corrected chi connectivity index (χ1v) is 11.1. The molecule has 0 saturated carbocycles. The molecule has 9 nitrogen and oxygen atoms in total. The monoisotopic (exact) mass is 412 g/mol. The fraction of sp³-hybridized carbons (Fsp3) is 0.625. The first-order valence-electron chi connectivity index (χ1n) is 8.87. The van der Waals surface area contributed by atoms with E-state index >= 15 is 0 Å². The molecule has 2 aromatic rings. The number of aryl methyl sites for hydroxylation is 1. The Hall–Kier alpha value is -2.01. The summed E-state index contributed by atoms with van der Waals surface area (Å²) in [5.74, 6) is -0.0446. The SMILES string of the molecule is CCn1nccc1S(=O)(=O)C(C)(C)C1CCN(C(=O)Nc2cnns2)CC1. The summed E-state index contributed by atoms with van der Waals surface area (Å²) in [6, 6.07) is 1.36. The van der Waals surface area contributed by atoms with Crippen molar-refractivity contribution in [3.05, 3.63) is 18.5 Å². The molecule has 3 heterocycles. The van der Waals surface area contributed by atoms with Crippen molar-refractivity contribution < 1.29 is 13.2 Å². The summed E-state index contributed by atoms with van der Waals surface area (Å²) in [4.78, 5) is 14.0. The molecule has 2 aromatic heterocycles. The number of urea groups is 1. The Bertz CT molecular complexity index is 883. The molecule has 1 aliphatic rings. The molecular weight excluding hydrogens is 388 g/mol. The van der Waals surface area contributed by atoms with Crippen LogP contribution < -0.4 is 5.32 Å². The van der Waals surface area contributed by atoms with Gasteiger partial charge in [-0.25, -0.2) is 13.2 Å². The van der Waals surface area contributed by atoms with Crippen LogP contribution in [0.1, 0.15) is 33.6 Å². The minimum Gasteiger partial charge on any atom is -0.324 e. The van der Waals surface area contributed by atoms with Crippen LogP contribution in [0.3, 0.4) is 0 Å². The molecule has 1 N–H and O–H groups in total. The second kappa shape index (κ2) is 7.55. The molecule has 11 heteroatoms. The highest BCUT2D eigenvalue weighted by Crippen LogP contribution is 2.38. The Kier molecular flexibility index (Phi) is 5.52. The summed E-state index contributed by atoms with van der Waals surface area (Å²) < 4.78 is 30.8. The van der Waals surface area contributed by atoms with Gasteiger partial charge in [0.05, 0.1) is 17.1 Å². The number of nitrogens with one attached hydrogen (secondary N) is 1. The van der Waals surface area contributed by atoms with Crippen molar-refractivity contribution in [2.24, 2.45) is 5.92 Å². The van der Waals surface area contributed by atoms with E-state index in [2.05, 4.69) is 20.0 Å². The molecule has 0 aliphatic carbocycles. The number of amides is 2. The number of anilines is 1. The second-order valence-electron chi connectivity index (χ2n) is 7.07. The Balaban J connectivity index is 1.68. The van der Waals surface area contributed by atoms with E-state index in [0.717, 1.165) is 11.5 Å². The van der Waals surface area contributed by atoms with Gasteiger partial charge in [-0.1, -0.05) is 4.49 Å². The van der Waals surface area contributed by atoms with Crippen molar-refractivity contribution in [1.29, 1.82) is 0 Å². The third-order valence-corrected chi connectivity index (χ3v) is 8.50. The normalized spacial score (nSPS) is 16.5. The maximum atomic E-state index is 13.3. The zero-order chi connectivity index (χ0) is 19.7. The van der Waals surface area contributed by atoms with E-state index in [1.165, 1.54) is 17.1 Å². The molecule has 0 radical (unpaired) electrons. The lowest BCUT2D eigenvalue weighted by Crippen LogP contribution is -2.48. The number of carbonyl (C=O) groups excluding carboxylic acids is 1. The first-order chi connectivity index (χ1) is 12.8. The second-order valence-corrected chi connectivity index (χ2v) is 10.3. The predicted molar refractivity (Wildman–Crippen MR) is 102 cm³/mol. The van der Waals surface area contributed by atoms with E-state index in [4.69, 9.17) is 0 Å². The quantitative estimate of drug-likeness (QED) is 0.806. The molecule has 2 amide bonds. The average molecular weight is 413 g/mol. The smallest absolute Gasteiger partial charge is 0.322 e. The summed E-state index contributed by atoms with van der Waals surface area (Å²) in [6.45, 7) is 6.94. The lowest BCUT2D eigenvalue weighted by molar-refractivity contribution is 0.171. The fourth-order valence-corrected chi connectivity index (χ4v) is 5.78. The van der Waals surface area contributed by atoms with E-state index < -0.39 is 14.6 Å². The van der Waals surface area contributed by atoms with Crippen LogP contribution in [0.2, 0.25) is 0 Å². The number of nitrogens with zero attached hydrogens (tertiary/aromatic N) is 5. The molecule has 27 heavy (non-hydrogen) atoms. The summed E-state index contributed by atoms with van der Waals surface area (Å²) in [7, 11) is -3.55. The van der Waals surface area contributed by atoms with E-state index in [1.807, 2.05) is 6.92 Å². The van der Waals surface area contributed by atoms with Gasteiger partial charge >= 0.3 is 6.03 Å². The van der Waals surface area contributed by atoms with Gasteiger partial charge in [0.25, 0.3) is 0 Å². The van der Waals surface area contributed by atoms with Crippen LogP contribution in [0.5, 0.6) is 0 Å². The molecule has 148 valence electrons. The van der Waals surface area contributed by atoms with Crippen LogP contribution >= 0.6 is 11.5 Å². The largest absolute Gasteiger partial charge is 0.324 e. The van der Waals surface area contributed by atoms with Gasteiger partial charge < -0.3 is 4.90 Å². The molecule has 1 saturated heterocycles. The highest BCUT2D eigenvalue weighted by Gasteiger charge is 2.45. The number of rotatable bonds is 5.